The smallest absolute Gasteiger partial charge is 0.238 e. The lowest BCUT2D eigenvalue weighted by atomic mass is 10.1. The van der Waals surface area contributed by atoms with Gasteiger partial charge in [-0.2, -0.15) is 0 Å². The van der Waals surface area contributed by atoms with Crippen molar-refractivity contribution in [2.45, 2.75) is 12.5 Å². The van der Waals surface area contributed by atoms with E-state index in [1.165, 1.54) is 0 Å². The van der Waals surface area contributed by atoms with Gasteiger partial charge in [0.15, 0.2) is 0 Å². The topological polar surface area (TPSA) is 81.6 Å². The number of amides is 1. The highest BCUT2D eigenvalue weighted by molar-refractivity contribution is 5.92. The van der Waals surface area contributed by atoms with Crippen molar-refractivity contribution in [1.82, 2.24) is 5.32 Å². The van der Waals surface area contributed by atoms with Gasteiger partial charge >= 0.3 is 0 Å². The standard InChI is InChI=1S/C12H18N2O3/c1-12(8-15,9-16)13-7-11(17)14-10-5-3-2-4-6-10/h2-6,13,15-16H,7-9H2,1H3,(H,14,17). The zero-order valence-corrected chi connectivity index (χ0v) is 9.81. The lowest BCUT2D eigenvalue weighted by molar-refractivity contribution is -0.115. The Kier molecular flexibility index (Phi) is 5.09. The summed E-state index contributed by atoms with van der Waals surface area (Å²) in [5.41, 5.74) is -0.123. The van der Waals surface area contributed by atoms with E-state index in [0.717, 1.165) is 0 Å². The number of rotatable bonds is 6. The van der Waals surface area contributed by atoms with E-state index < -0.39 is 5.54 Å². The molecular formula is C12H18N2O3. The van der Waals surface area contributed by atoms with Crippen molar-refractivity contribution < 1.29 is 15.0 Å². The van der Waals surface area contributed by atoms with Crippen molar-refractivity contribution in [2.75, 3.05) is 25.1 Å². The van der Waals surface area contributed by atoms with E-state index in [4.69, 9.17) is 10.2 Å². The van der Waals surface area contributed by atoms with Crippen molar-refractivity contribution in [3.8, 4) is 0 Å². The Morgan fingerprint density at radius 2 is 1.82 bits per heavy atom. The first-order valence-corrected chi connectivity index (χ1v) is 5.41. The first-order chi connectivity index (χ1) is 8.09. The predicted molar refractivity (Wildman–Crippen MR) is 65.7 cm³/mol. The van der Waals surface area contributed by atoms with Gasteiger partial charge in [0.25, 0.3) is 0 Å². The summed E-state index contributed by atoms with van der Waals surface area (Å²) in [7, 11) is 0. The molecule has 0 saturated heterocycles. The summed E-state index contributed by atoms with van der Waals surface area (Å²) in [6.45, 7) is 1.21. The highest BCUT2D eigenvalue weighted by Gasteiger charge is 2.22. The molecule has 0 aliphatic carbocycles. The van der Waals surface area contributed by atoms with Crippen molar-refractivity contribution in [3.05, 3.63) is 30.3 Å². The van der Waals surface area contributed by atoms with Gasteiger partial charge in [0.1, 0.15) is 0 Å². The number of carbonyl (C=O) groups is 1. The van der Waals surface area contributed by atoms with Crippen LogP contribution in [0.3, 0.4) is 0 Å². The quantitative estimate of drug-likeness (QED) is 0.560. The lowest BCUT2D eigenvalue weighted by Gasteiger charge is -2.25. The van der Waals surface area contributed by atoms with Gasteiger partial charge < -0.3 is 15.5 Å². The Labute approximate surface area is 100 Å². The number of aliphatic hydroxyl groups excluding tert-OH is 2. The molecule has 0 atom stereocenters. The maximum Gasteiger partial charge on any atom is 0.238 e. The Hall–Kier alpha value is -1.43. The van der Waals surface area contributed by atoms with Crippen LogP contribution >= 0.6 is 0 Å². The van der Waals surface area contributed by atoms with Crippen molar-refractivity contribution in [2.24, 2.45) is 0 Å². The second-order valence-corrected chi connectivity index (χ2v) is 4.14. The van der Waals surface area contributed by atoms with Crippen LogP contribution in [-0.2, 0) is 4.79 Å². The Morgan fingerprint density at radius 3 is 2.35 bits per heavy atom. The fourth-order valence-corrected chi connectivity index (χ4v) is 1.18. The zero-order valence-electron chi connectivity index (χ0n) is 9.81. The maximum atomic E-state index is 11.6. The predicted octanol–water partition coefficient (Wildman–Crippen LogP) is -0.0420. The third-order valence-electron chi connectivity index (χ3n) is 2.43. The average Bonchev–Trinajstić information content (AvgIpc) is 2.37. The van der Waals surface area contributed by atoms with E-state index in [2.05, 4.69) is 10.6 Å². The monoisotopic (exact) mass is 238 g/mol. The van der Waals surface area contributed by atoms with Gasteiger partial charge in [0, 0.05) is 5.69 Å². The molecular weight excluding hydrogens is 220 g/mol. The van der Waals surface area contributed by atoms with Crippen LogP contribution in [0.25, 0.3) is 0 Å². The van der Waals surface area contributed by atoms with Crippen LogP contribution in [0.15, 0.2) is 30.3 Å². The van der Waals surface area contributed by atoms with Gasteiger partial charge in [-0.15, -0.1) is 0 Å². The normalized spacial score (nSPS) is 11.2. The van der Waals surface area contributed by atoms with E-state index in [-0.39, 0.29) is 25.7 Å². The van der Waals surface area contributed by atoms with Gasteiger partial charge in [-0.1, -0.05) is 18.2 Å². The molecule has 0 heterocycles. The highest BCUT2D eigenvalue weighted by atomic mass is 16.3. The van der Waals surface area contributed by atoms with Crippen LogP contribution in [0.4, 0.5) is 5.69 Å². The minimum atomic E-state index is -0.839. The Bertz CT molecular complexity index is 350. The summed E-state index contributed by atoms with van der Waals surface area (Å²) < 4.78 is 0. The summed E-state index contributed by atoms with van der Waals surface area (Å²) in [6.07, 6.45) is 0. The number of carbonyl (C=O) groups excluding carboxylic acids is 1. The summed E-state index contributed by atoms with van der Waals surface area (Å²) >= 11 is 0. The summed E-state index contributed by atoms with van der Waals surface area (Å²) in [4.78, 5) is 11.6. The maximum absolute atomic E-state index is 11.6. The molecule has 0 unspecified atom stereocenters. The van der Waals surface area contributed by atoms with Gasteiger partial charge in [-0.25, -0.2) is 0 Å². The molecule has 0 saturated carbocycles. The van der Waals surface area contributed by atoms with Gasteiger partial charge in [0.05, 0.1) is 25.3 Å². The van der Waals surface area contributed by atoms with Crippen molar-refractivity contribution in [1.29, 1.82) is 0 Å². The van der Waals surface area contributed by atoms with Crippen LogP contribution in [0.2, 0.25) is 0 Å². The van der Waals surface area contributed by atoms with Gasteiger partial charge in [-0.3, -0.25) is 10.1 Å². The molecule has 1 aromatic carbocycles. The first-order valence-electron chi connectivity index (χ1n) is 5.41. The van der Waals surface area contributed by atoms with E-state index in [9.17, 15) is 4.79 Å². The largest absolute Gasteiger partial charge is 0.394 e. The average molecular weight is 238 g/mol. The van der Waals surface area contributed by atoms with Crippen LogP contribution in [0.1, 0.15) is 6.92 Å². The molecule has 1 amide bonds. The SMILES string of the molecule is CC(CO)(CO)NCC(=O)Nc1ccccc1. The Balaban J connectivity index is 2.41. The van der Waals surface area contributed by atoms with E-state index in [1.807, 2.05) is 18.2 Å². The molecule has 0 spiro atoms. The van der Waals surface area contributed by atoms with Crippen LogP contribution < -0.4 is 10.6 Å². The summed E-state index contributed by atoms with van der Waals surface area (Å²) in [6, 6.07) is 9.09. The Morgan fingerprint density at radius 1 is 1.24 bits per heavy atom. The molecule has 4 N–H and O–H groups in total. The number of benzene rings is 1. The third-order valence-corrected chi connectivity index (χ3v) is 2.43. The minimum absolute atomic E-state index is 0.0342. The number of para-hydroxylation sites is 1. The molecule has 1 rings (SSSR count). The molecule has 0 radical (unpaired) electrons. The van der Waals surface area contributed by atoms with E-state index in [0.29, 0.717) is 5.69 Å². The van der Waals surface area contributed by atoms with Crippen LogP contribution in [-0.4, -0.2) is 41.4 Å². The molecule has 0 aromatic heterocycles. The number of nitrogens with one attached hydrogen (secondary N) is 2. The van der Waals surface area contributed by atoms with E-state index >= 15 is 0 Å². The molecule has 17 heavy (non-hydrogen) atoms. The fraction of sp³-hybridized carbons (Fsp3) is 0.417. The zero-order chi connectivity index (χ0) is 12.7. The molecule has 5 nitrogen and oxygen atoms in total. The second-order valence-electron chi connectivity index (χ2n) is 4.14. The van der Waals surface area contributed by atoms with Gasteiger partial charge in [0.2, 0.25) is 5.91 Å². The van der Waals surface area contributed by atoms with Crippen LogP contribution in [0, 0.1) is 0 Å². The number of hydrogen-bond donors (Lipinski definition) is 4. The molecule has 0 aliphatic rings. The molecule has 94 valence electrons. The molecule has 0 bridgehead atoms. The summed E-state index contributed by atoms with van der Waals surface area (Å²) in [5, 5.41) is 23.6. The number of aliphatic hydroxyl groups is 2. The second kappa shape index (κ2) is 6.34. The van der Waals surface area contributed by atoms with Gasteiger partial charge in [-0.05, 0) is 19.1 Å². The number of hydrogen-bond acceptors (Lipinski definition) is 4. The lowest BCUT2D eigenvalue weighted by Crippen LogP contribution is -2.51. The highest BCUT2D eigenvalue weighted by Crippen LogP contribution is 2.05. The van der Waals surface area contributed by atoms with E-state index in [1.54, 1.807) is 19.1 Å². The molecule has 1 aromatic rings. The molecule has 5 heteroatoms. The minimum Gasteiger partial charge on any atom is -0.394 e. The molecule has 0 aliphatic heterocycles. The third kappa shape index (κ3) is 4.52. The summed E-state index contributed by atoms with van der Waals surface area (Å²) in [5.74, 6) is -0.218. The van der Waals surface area contributed by atoms with Crippen molar-refractivity contribution >= 4 is 11.6 Å². The first kappa shape index (κ1) is 13.6. The van der Waals surface area contributed by atoms with Crippen molar-refractivity contribution in [3.63, 3.8) is 0 Å². The van der Waals surface area contributed by atoms with Crippen LogP contribution in [0.5, 0.6) is 0 Å². The molecule has 0 fully saturated rings. The number of anilines is 1. The fourth-order valence-electron chi connectivity index (χ4n) is 1.18.